The molecule has 1 aliphatic carbocycles. The third-order valence-electron chi connectivity index (χ3n) is 3.85. The van der Waals surface area contributed by atoms with Crippen LogP contribution in [0.2, 0.25) is 0 Å². The minimum Gasteiger partial charge on any atom is -0.352 e. The summed E-state index contributed by atoms with van der Waals surface area (Å²) in [5.41, 5.74) is 3.82. The largest absolute Gasteiger partial charge is 0.352 e. The number of hydrogen-bond acceptors (Lipinski definition) is 2. The molecular formula is C16H24N2O. The number of carbonyl (C=O) groups excluding carboxylic acids is 1. The summed E-state index contributed by atoms with van der Waals surface area (Å²) in [6.07, 6.45) is 2.26. The first-order valence-corrected chi connectivity index (χ1v) is 7.11. The number of rotatable bonds is 5. The molecule has 0 aliphatic heterocycles. The summed E-state index contributed by atoms with van der Waals surface area (Å²) in [5.74, 6) is 0.109. The first-order chi connectivity index (χ1) is 8.97. The summed E-state index contributed by atoms with van der Waals surface area (Å²) in [5, 5.41) is 6.39. The number of amides is 1. The standard InChI is InChI=1S/C16H24N2O/c1-10-5-6-14(9-11(10)2)12(3)17-13(4)16(19)18-15-7-8-15/h5-6,9,12-13,15,17H,7-8H2,1-4H3,(H,18,19). The second kappa shape index (κ2) is 5.74. The highest BCUT2D eigenvalue weighted by Crippen LogP contribution is 2.19. The smallest absolute Gasteiger partial charge is 0.237 e. The Balaban J connectivity index is 1.93. The summed E-state index contributed by atoms with van der Waals surface area (Å²) in [7, 11) is 0. The van der Waals surface area contributed by atoms with Crippen LogP contribution in [-0.2, 0) is 4.79 Å². The van der Waals surface area contributed by atoms with Crippen LogP contribution in [0, 0.1) is 13.8 Å². The van der Waals surface area contributed by atoms with Crippen LogP contribution in [0.5, 0.6) is 0 Å². The van der Waals surface area contributed by atoms with Crippen LogP contribution in [0.1, 0.15) is 49.4 Å². The Bertz CT molecular complexity index is 466. The van der Waals surface area contributed by atoms with E-state index >= 15 is 0 Å². The molecule has 3 nitrogen and oxygen atoms in total. The summed E-state index contributed by atoms with van der Waals surface area (Å²) >= 11 is 0. The molecule has 0 spiro atoms. The average molecular weight is 260 g/mol. The number of benzene rings is 1. The van der Waals surface area contributed by atoms with Gasteiger partial charge in [-0.15, -0.1) is 0 Å². The van der Waals surface area contributed by atoms with Crippen molar-refractivity contribution >= 4 is 5.91 Å². The Hall–Kier alpha value is -1.35. The van der Waals surface area contributed by atoms with E-state index in [4.69, 9.17) is 0 Å². The lowest BCUT2D eigenvalue weighted by molar-refractivity contribution is -0.123. The second-order valence-corrected chi connectivity index (χ2v) is 5.74. The highest BCUT2D eigenvalue weighted by molar-refractivity contribution is 5.81. The zero-order valence-corrected chi connectivity index (χ0v) is 12.3. The number of hydrogen-bond donors (Lipinski definition) is 2. The van der Waals surface area contributed by atoms with Crippen molar-refractivity contribution in [1.29, 1.82) is 0 Å². The molecule has 1 amide bonds. The van der Waals surface area contributed by atoms with Crippen LogP contribution in [0.4, 0.5) is 0 Å². The van der Waals surface area contributed by atoms with Gasteiger partial charge in [0.05, 0.1) is 6.04 Å². The lowest BCUT2D eigenvalue weighted by Gasteiger charge is -2.20. The maximum atomic E-state index is 11.9. The van der Waals surface area contributed by atoms with Gasteiger partial charge in [-0.2, -0.15) is 0 Å². The fourth-order valence-corrected chi connectivity index (χ4v) is 2.13. The Labute approximate surface area is 115 Å². The summed E-state index contributed by atoms with van der Waals surface area (Å²) in [4.78, 5) is 11.9. The van der Waals surface area contributed by atoms with Crippen LogP contribution in [0.3, 0.4) is 0 Å². The van der Waals surface area contributed by atoms with Crippen LogP contribution in [-0.4, -0.2) is 18.0 Å². The monoisotopic (exact) mass is 260 g/mol. The Kier molecular flexibility index (Phi) is 4.25. The SMILES string of the molecule is Cc1ccc(C(C)NC(C)C(=O)NC2CC2)cc1C. The van der Waals surface area contributed by atoms with E-state index in [1.165, 1.54) is 16.7 Å². The molecule has 1 saturated carbocycles. The van der Waals surface area contributed by atoms with Gasteiger partial charge in [0.1, 0.15) is 0 Å². The van der Waals surface area contributed by atoms with E-state index in [0.29, 0.717) is 6.04 Å². The van der Waals surface area contributed by atoms with Crippen LogP contribution >= 0.6 is 0 Å². The maximum absolute atomic E-state index is 11.9. The van der Waals surface area contributed by atoms with Crippen molar-refractivity contribution in [3.8, 4) is 0 Å². The zero-order chi connectivity index (χ0) is 14.0. The van der Waals surface area contributed by atoms with Crippen molar-refractivity contribution in [2.75, 3.05) is 0 Å². The molecule has 2 N–H and O–H groups in total. The molecule has 19 heavy (non-hydrogen) atoms. The Morgan fingerprint density at radius 2 is 1.89 bits per heavy atom. The minimum absolute atomic E-state index is 0.109. The van der Waals surface area contributed by atoms with E-state index in [2.05, 4.69) is 49.6 Å². The Morgan fingerprint density at radius 3 is 2.47 bits per heavy atom. The highest BCUT2D eigenvalue weighted by atomic mass is 16.2. The van der Waals surface area contributed by atoms with E-state index in [-0.39, 0.29) is 18.0 Å². The van der Waals surface area contributed by atoms with E-state index in [1.54, 1.807) is 0 Å². The topological polar surface area (TPSA) is 41.1 Å². The van der Waals surface area contributed by atoms with E-state index in [9.17, 15) is 4.79 Å². The minimum atomic E-state index is -0.155. The second-order valence-electron chi connectivity index (χ2n) is 5.74. The fraction of sp³-hybridized carbons (Fsp3) is 0.562. The number of nitrogens with one attached hydrogen (secondary N) is 2. The van der Waals surface area contributed by atoms with Crippen molar-refractivity contribution in [3.63, 3.8) is 0 Å². The molecule has 2 atom stereocenters. The lowest BCUT2D eigenvalue weighted by Crippen LogP contribution is -2.43. The maximum Gasteiger partial charge on any atom is 0.237 e. The number of aryl methyl sites for hydroxylation is 2. The molecule has 0 aromatic heterocycles. The molecule has 2 unspecified atom stereocenters. The summed E-state index contributed by atoms with van der Waals surface area (Å²) in [6, 6.07) is 6.91. The van der Waals surface area contributed by atoms with Gasteiger partial charge in [0.2, 0.25) is 5.91 Å². The first-order valence-electron chi connectivity index (χ1n) is 7.11. The van der Waals surface area contributed by atoms with Crippen molar-refractivity contribution in [2.45, 2.75) is 58.7 Å². The zero-order valence-electron chi connectivity index (χ0n) is 12.3. The molecule has 0 saturated heterocycles. The third kappa shape index (κ3) is 3.80. The molecule has 0 radical (unpaired) electrons. The molecule has 0 bridgehead atoms. The quantitative estimate of drug-likeness (QED) is 0.854. The average Bonchev–Trinajstić information content (AvgIpc) is 3.16. The molecule has 104 valence electrons. The molecular weight excluding hydrogens is 236 g/mol. The van der Waals surface area contributed by atoms with Crippen LogP contribution < -0.4 is 10.6 Å². The van der Waals surface area contributed by atoms with Crippen molar-refractivity contribution in [2.24, 2.45) is 0 Å². The van der Waals surface area contributed by atoms with Crippen molar-refractivity contribution in [3.05, 3.63) is 34.9 Å². The van der Waals surface area contributed by atoms with E-state index in [1.807, 2.05) is 6.92 Å². The number of carbonyl (C=O) groups is 1. The van der Waals surface area contributed by atoms with Gasteiger partial charge in [0.25, 0.3) is 0 Å². The third-order valence-corrected chi connectivity index (χ3v) is 3.85. The molecule has 0 heterocycles. The van der Waals surface area contributed by atoms with Gasteiger partial charge in [-0.05, 0) is 57.2 Å². The van der Waals surface area contributed by atoms with Gasteiger partial charge >= 0.3 is 0 Å². The summed E-state index contributed by atoms with van der Waals surface area (Å²) in [6.45, 7) is 8.26. The molecule has 1 aromatic carbocycles. The van der Waals surface area contributed by atoms with Gasteiger partial charge in [-0.3, -0.25) is 10.1 Å². The molecule has 1 aromatic rings. The van der Waals surface area contributed by atoms with Crippen molar-refractivity contribution < 1.29 is 4.79 Å². The first kappa shape index (κ1) is 14.1. The van der Waals surface area contributed by atoms with Crippen LogP contribution in [0.15, 0.2) is 18.2 Å². The molecule has 1 aliphatic rings. The summed E-state index contributed by atoms with van der Waals surface area (Å²) < 4.78 is 0. The van der Waals surface area contributed by atoms with Crippen molar-refractivity contribution in [1.82, 2.24) is 10.6 Å². The molecule has 3 heteroatoms. The molecule has 1 fully saturated rings. The van der Waals surface area contributed by atoms with Crippen LogP contribution in [0.25, 0.3) is 0 Å². The van der Waals surface area contributed by atoms with Gasteiger partial charge in [-0.25, -0.2) is 0 Å². The lowest BCUT2D eigenvalue weighted by atomic mass is 10.0. The van der Waals surface area contributed by atoms with Gasteiger partial charge < -0.3 is 5.32 Å². The predicted octanol–water partition coefficient (Wildman–Crippen LogP) is 2.62. The molecule has 2 rings (SSSR count). The van der Waals surface area contributed by atoms with Gasteiger partial charge in [0, 0.05) is 12.1 Å². The highest BCUT2D eigenvalue weighted by Gasteiger charge is 2.26. The fourth-order valence-electron chi connectivity index (χ4n) is 2.13. The van der Waals surface area contributed by atoms with Gasteiger partial charge in [0.15, 0.2) is 0 Å². The van der Waals surface area contributed by atoms with Gasteiger partial charge in [-0.1, -0.05) is 18.2 Å². The Morgan fingerprint density at radius 1 is 1.21 bits per heavy atom. The predicted molar refractivity (Wildman–Crippen MR) is 78.1 cm³/mol. The van der Waals surface area contributed by atoms with E-state index in [0.717, 1.165) is 12.8 Å². The normalized spacial score (nSPS) is 17.9. The van der Waals surface area contributed by atoms with E-state index < -0.39 is 0 Å².